The van der Waals surface area contributed by atoms with Gasteiger partial charge in [-0.2, -0.15) is 0 Å². The molecule has 0 heterocycles. The highest BCUT2D eigenvalue weighted by Gasteiger charge is 1.99. The van der Waals surface area contributed by atoms with Gasteiger partial charge in [0, 0.05) is 0 Å². The molecule has 64 valence electrons. The van der Waals surface area contributed by atoms with E-state index in [0.29, 0.717) is 11.3 Å². The van der Waals surface area contributed by atoms with Crippen LogP contribution < -0.4 is 4.74 Å². The van der Waals surface area contributed by atoms with Gasteiger partial charge in [0.25, 0.3) is 0 Å². The molecule has 0 amide bonds. The predicted molar refractivity (Wildman–Crippen MR) is 44.3 cm³/mol. The van der Waals surface area contributed by atoms with E-state index in [0.717, 1.165) is 0 Å². The molecule has 0 atom stereocenters. The summed E-state index contributed by atoms with van der Waals surface area (Å²) in [6.45, 7) is 0. The summed E-state index contributed by atoms with van der Waals surface area (Å²) in [5.74, 6) is -0.363. The molecule has 0 saturated heterocycles. The number of hydrogen-bond acceptors (Lipinski definition) is 2. The Bertz CT molecular complexity index is 323. The van der Waals surface area contributed by atoms with Crippen LogP contribution in [-0.4, -0.2) is 18.2 Å². The summed E-state index contributed by atoms with van der Waals surface area (Å²) in [4.78, 5) is 10.4. The first kappa shape index (κ1) is 7.16. The van der Waals surface area contributed by atoms with Crippen LogP contribution in [0.25, 0.3) is 0 Å². The maximum absolute atomic E-state index is 10.4. The molecule has 0 aliphatic heterocycles. The van der Waals surface area contributed by atoms with Gasteiger partial charge in [0.15, 0.2) is 0 Å². The summed E-state index contributed by atoms with van der Waals surface area (Å²) >= 11 is 0. The maximum atomic E-state index is 10.4. The zero-order valence-electron chi connectivity index (χ0n) is 7.70. The van der Waals surface area contributed by atoms with Gasteiger partial charge in [-0.05, 0) is 17.7 Å². The van der Waals surface area contributed by atoms with E-state index in [1.54, 1.807) is 12.1 Å². The normalized spacial score (nSPS) is 10.6. The molecule has 1 N–H and O–H groups in total. The zero-order valence-corrected chi connectivity index (χ0v) is 6.70. The largest absolute Gasteiger partial charge is 0.497 e. The quantitative estimate of drug-likeness (QED) is 0.738. The number of benzene rings is 1. The summed E-state index contributed by atoms with van der Waals surface area (Å²) in [7, 11) is 1.51. The lowest BCUT2D eigenvalue weighted by molar-refractivity contribution is -0.136. The van der Waals surface area contributed by atoms with E-state index in [4.69, 9.17) is 11.2 Å². The van der Waals surface area contributed by atoms with Gasteiger partial charge >= 0.3 is 5.97 Å². The highest BCUT2D eigenvalue weighted by molar-refractivity contribution is 5.70. The minimum absolute atomic E-state index is 0.122. The van der Waals surface area contributed by atoms with Crippen molar-refractivity contribution in [3.05, 3.63) is 29.8 Å². The van der Waals surface area contributed by atoms with E-state index in [9.17, 15) is 4.79 Å². The summed E-state index contributed by atoms with van der Waals surface area (Å²) < 4.78 is 12.4. The standard InChI is InChI=1S/C9H10O3/c1-12-8-4-2-7(3-5-8)6-9(10)11/h2-5H,6H2,1H3,(H,10,11)/i2D. The van der Waals surface area contributed by atoms with Crippen molar-refractivity contribution in [2.24, 2.45) is 0 Å². The van der Waals surface area contributed by atoms with Crippen LogP contribution in [0.2, 0.25) is 0 Å². The van der Waals surface area contributed by atoms with Crippen LogP contribution in [0.5, 0.6) is 5.75 Å². The van der Waals surface area contributed by atoms with E-state index < -0.39 is 5.97 Å². The molecule has 12 heavy (non-hydrogen) atoms. The Labute approximate surface area is 72.0 Å². The fourth-order valence-electron chi connectivity index (χ4n) is 0.843. The van der Waals surface area contributed by atoms with Crippen LogP contribution in [0.15, 0.2) is 24.2 Å². The van der Waals surface area contributed by atoms with Gasteiger partial charge in [-0.1, -0.05) is 12.1 Å². The molecule has 0 fully saturated rings. The Morgan fingerprint density at radius 2 is 2.42 bits per heavy atom. The van der Waals surface area contributed by atoms with Crippen molar-refractivity contribution in [1.82, 2.24) is 0 Å². The molecule has 1 aromatic carbocycles. The fraction of sp³-hybridized carbons (Fsp3) is 0.222. The van der Waals surface area contributed by atoms with Crippen LogP contribution in [0.1, 0.15) is 6.93 Å². The van der Waals surface area contributed by atoms with Gasteiger partial charge in [0.05, 0.1) is 14.9 Å². The highest BCUT2D eigenvalue weighted by atomic mass is 16.5. The number of ether oxygens (including phenoxy) is 1. The molecule has 0 unspecified atom stereocenters. The summed E-state index contributed by atoms with van der Waals surface area (Å²) in [6.07, 6.45) is -0.122. The van der Waals surface area contributed by atoms with Gasteiger partial charge in [-0.15, -0.1) is 0 Å². The van der Waals surface area contributed by atoms with Crippen molar-refractivity contribution in [2.45, 2.75) is 6.42 Å². The average molecular weight is 167 g/mol. The Kier molecular flexibility index (Phi) is 2.24. The summed E-state index contributed by atoms with van der Waals surface area (Å²) in [5, 5.41) is 8.50. The smallest absolute Gasteiger partial charge is 0.307 e. The summed E-state index contributed by atoms with van der Waals surface area (Å²) in [5.41, 5.74) is 0.494. The van der Waals surface area contributed by atoms with E-state index in [2.05, 4.69) is 0 Å². The Hall–Kier alpha value is -1.51. The third kappa shape index (κ3) is 2.27. The van der Waals surface area contributed by atoms with E-state index in [1.807, 2.05) is 0 Å². The zero-order chi connectivity index (χ0) is 9.84. The number of hydrogen-bond donors (Lipinski definition) is 1. The topological polar surface area (TPSA) is 46.5 Å². The minimum atomic E-state index is -0.932. The van der Waals surface area contributed by atoms with Crippen LogP contribution >= 0.6 is 0 Å². The first-order chi connectivity index (χ1) is 6.13. The molecule has 0 aliphatic carbocycles. The molecule has 0 bridgehead atoms. The molecular formula is C9H10O3. The molecule has 1 aromatic rings. The third-order valence-corrected chi connectivity index (χ3v) is 1.43. The van der Waals surface area contributed by atoms with Crippen LogP contribution in [0.3, 0.4) is 0 Å². The second-order valence-electron chi connectivity index (χ2n) is 2.32. The third-order valence-electron chi connectivity index (χ3n) is 1.43. The monoisotopic (exact) mass is 167 g/mol. The van der Waals surface area contributed by atoms with Crippen molar-refractivity contribution >= 4 is 5.97 Å². The SMILES string of the molecule is [2H]c1cc(OC)ccc1CC(=O)O. The van der Waals surface area contributed by atoms with Gasteiger partial charge in [0.1, 0.15) is 5.75 Å². The predicted octanol–water partition coefficient (Wildman–Crippen LogP) is 1.32. The number of rotatable bonds is 3. The van der Waals surface area contributed by atoms with Crippen molar-refractivity contribution < 1.29 is 16.0 Å². The van der Waals surface area contributed by atoms with Crippen molar-refractivity contribution in [1.29, 1.82) is 0 Å². The summed E-state index contributed by atoms with van der Waals surface area (Å²) in [6, 6.07) is 4.94. The number of aliphatic carboxylic acids is 1. The van der Waals surface area contributed by atoms with E-state index in [-0.39, 0.29) is 12.5 Å². The Morgan fingerprint density at radius 1 is 1.67 bits per heavy atom. The van der Waals surface area contributed by atoms with Crippen molar-refractivity contribution in [2.75, 3.05) is 7.11 Å². The molecule has 3 heteroatoms. The lowest BCUT2D eigenvalue weighted by atomic mass is 10.1. The molecule has 0 radical (unpaired) electrons. The lowest BCUT2D eigenvalue weighted by Gasteiger charge is -1.99. The molecule has 0 saturated carbocycles. The lowest BCUT2D eigenvalue weighted by Crippen LogP contribution is -1.99. The first-order valence-corrected chi connectivity index (χ1v) is 3.49. The van der Waals surface area contributed by atoms with Crippen LogP contribution in [0.4, 0.5) is 0 Å². The molecule has 0 spiro atoms. The molecule has 0 aliphatic rings. The van der Waals surface area contributed by atoms with Crippen molar-refractivity contribution in [3.8, 4) is 5.75 Å². The second kappa shape index (κ2) is 3.76. The Morgan fingerprint density at radius 3 is 2.92 bits per heavy atom. The number of carboxylic acid groups (broad SMARTS) is 1. The van der Waals surface area contributed by atoms with Gasteiger partial charge in [-0.25, -0.2) is 0 Å². The number of carboxylic acids is 1. The average Bonchev–Trinajstić information content (AvgIpc) is 2.08. The van der Waals surface area contributed by atoms with Gasteiger partial charge in [-0.3, -0.25) is 4.79 Å². The second-order valence-corrected chi connectivity index (χ2v) is 2.32. The van der Waals surface area contributed by atoms with Crippen LogP contribution in [-0.2, 0) is 11.2 Å². The van der Waals surface area contributed by atoms with E-state index >= 15 is 0 Å². The maximum Gasteiger partial charge on any atom is 0.307 e. The minimum Gasteiger partial charge on any atom is -0.497 e. The number of methoxy groups -OCH3 is 1. The number of carbonyl (C=O) groups is 1. The fourth-order valence-corrected chi connectivity index (χ4v) is 0.843. The Balaban J connectivity index is 2.91. The molecule has 3 nitrogen and oxygen atoms in total. The molecule has 0 aromatic heterocycles. The molecule has 1 rings (SSSR count). The van der Waals surface area contributed by atoms with Crippen LogP contribution in [0, 0.1) is 0 Å². The highest BCUT2D eigenvalue weighted by Crippen LogP contribution is 2.11. The van der Waals surface area contributed by atoms with E-state index in [1.165, 1.54) is 13.2 Å². The first-order valence-electron chi connectivity index (χ1n) is 3.99. The van der Waals surface area contributed by atoms with Gasteiger partial charge < -0.3 is 9.84 Å². The molecular weight excluding hydrogens is 156 g/mol. The van der Waals surface area contributed by atoms with Gasteiger partial charge in [0.2, 0.25) is 0 Å². The van der Waals surface area contributed by atoms with Crippen molar-refractivity contribution in [3.63, 3.8) is 0 Å².